The van der Waals surface area contributed by atoms with E-state index in [0.29, 0.717) is 23.6 Å². The van der Waals surface area contributed by atoms with Gasteiger partial charge in [-0.05, 0) is 24.5 Å². The van der Waals surface area contributed by atoms with Crippen molar-refractivity contribution in [3.63, 3.8) is 0 Å². The molecule has 2 rings (SSSR count). The third-order valence-electron chi connectivity index (χ3n) is 2.93. The Bertz CT molecular complexity index is 544. The molecule has 1 aliphatic rings. The Hall–Kier alpha value is -2.44. The minimum Gasteiger partial charge on any atom is -0.548 e. The van der Waals surface area contributed by atoms with Crippen LogP contribution in [0.25, 0.3) is 0 Å². The van der Waals surface area contributed by atoms with Crippen LogP contribution in [-0.4, -0.2) is 24.8 Å². The number of carbonyl (C=O) groups excluding carboxylic acids is 2. The number of urea groups is 1. The van der Waals surface area contributed by atoms with Crippen LogP contribution in [0, 0.1) is 5.92 Å². The quantitative estimate of drug-likeness (QED) is 0.832. The van der Waals surface area contributed by atoms with Gasteiger partial charge in [0, 0.05) is 11.8 Å². The molecule has 0 unspecified atom stereocenters. The Morgan fingerprint density at radius 1 is 1.29 bits per heavy atom. The molecular formula is C14H17N2O5-. The molecule has 7 nitrogen and oxygen atoms in total. The van der Waals surface area contributed by atoms with Crippen LogP contribution in [0.2, 0.25) is 0 Å². The maximum absolute atomic E-state index is 11.8. The van der Waals surface area contributed by atoms with Crippen molar-refractivity contribution in [3.8, 4) is 11.5 Å². The Balaban J connectivity index is 1.96. The van der Waals surface area contributed by atoms with E-state index in [9.17, 15) is 14.7 Å². The largest absolute Gasteiger partial charge is 0.548 e. The summed E-state index contributed by atoms with van der Waals surface area (Å²) in [4.78, 5) is 22.8. The standard InChI is InChI=1S/C14H18N2O5/c1-8(2)5-10(13(17)18)16-14(19)15-9-3-4-11-12(6-9)21-7-20-11/h3-4,6,8,10H,5,7H2,1-2H3,(H,17,18)(H2,15,16,19)/p-1/t10-/m0/s1. The number of carbonyl (C=O) groups is 2. The van der Waals surface area contributed by atoms with Crippen molar-refractivity contribution in [2.75, 3.05) is 12.1 Å². The normalized spacial score (nSPS) is 13.9. The number of fused-ring (bicyclic) bond motifs is 1. The van der Waals surface area contributed by atoms with Crippen molar-refractivity contribution in [2.45, 2.75) is 26.3 Å². The molecule has 21 heavy (non-hydrogen) atoms. The lowest BCUT2D eigenvalue weighted by molar-refractivity contribution is -0.308. The lowest BCUT2D eigenvalue weighted by Gasteiger charge is -2.21. The highest BCUT2D eigenvalue weighted by Crippen LogP contribution is 2.34. The van der Waals surface area contributed by atoms with Gasteiger partial charge < -0.3 is 30.0 Å². The number of anilines is 1. The number of carboxylic acid groups (broad SMARTS) is 1. The van der Waals surface area contributed by atoms with E-state index in [1.165, 1.54) is 0 Å². The van der Waals surface area contributed by atoms with Crippen molar-refractivity contribution in [2.24, 2.45) is 5.92 Å². The summed E-state index contributed by atoms with van der Waals surface area (Å²) in [5.74, 6) is -0.0388. The Morgan fingerprint density at radius 3 is 2.67 bits per heavy atom. The van der Waals surface area contributed by atoms with Crippen LogP contribution in [-0.2, 0) is 4.79 Å². The molecule has 0 aromatic heterocycles. The number of amides is 2. The summed E-state index contributed by atoms with van der Waals surface area (Å²) in [7, 11) is 0. The van der Waals surface area contributed by atoms with Crippen molar-refractivity contribution in [3.05, 3.63) is 18.2 Å². The third-order valence-corrected chi connectivity index (χ3v) is 2.93. The van der Waals surface area contributed by atoms with Crippen LogP contribution in [0.4, 0.5) is 10.5 Å². The summed E-state index contributed by atoms with van der Waals surface area (Å²) in [6, 6.07) is 3.28. The van der Waals surface area contributed by atoms with Gasteiger partial charge in [-0.15, -0.1) is 0 Å². The minimum absolute atomic E-state index is 0.124. The van der Waals surface area contributed by atoms with Crippen LogP contribution >= 0.6 is 0 Å². The number of hydrogen-bond acceptors (Lipinski definition) is 5. The van der Waals surface area contributed by atoms with Gasteiger partial charge in [0.25, 0.3) is 0 Å². The average molecular weight is 293 g/mol. The fourth-order valence-electron chi connectivity index (χ4n) is 1.99. The molecule has 1 aromatic rings. The lowest BCUT2D eigenvalue weighted by Crippen LogP contribution is -2.49. The lowest BCUT2D eigenvalue weighted by atomic mass is 10.0. The van der Waals surface area contributed by atoms with E-state index in [-0.39, 0.29) is 12.7 Å². The first-order chi connectivity index (χ1) is 9.95. The molecule has 2 amide bonds. The molecule has 0 spiro atoms. The van der Waals surface area contributed by atoms with Crippen LogP contribution in [0.15, 0.2) is 18.2 Å². The van der Waals surface area contributed by atoms with Gasteiger partial charge in [0.05, 0.1) is 12.0 Å². The van der Waals surface area contributed by atoms with E-state index in [1.807, 2.05) is 13.8 Å². The average Bonchev–Trinajstić information content (AvgIpc) is 2.84. The van der Waals surface area contributed by atoms with Crippen molar-refractivity contribution in [1.82, 2.24) is 5.32 Å². The molecule has 0 radical (unpaired) electrons. The maximum Gasteiger partial charge on any atom is 0.319 e. The number of ether oxygens (including phenoxy) is 2. The highest BCUT2D eigenvalue weighted by molar-refractivity contribution is 5.92. The Kier molecular flexibility index (Phi) is 4.52. The summed E-state index contributed by atoms with van der Waals surface area (Å²) in [5, 5.41) is 15.9. The third kappa shape index (κ3) is 4.01. The smallest absolute Gasteiger partial charge is 0.319 e. The van der Waals surface area contributed by atoms with Gasteiger partial charge >= 0.3 is 6.03 Å². The topological polar surface area (TPSA) is 99.7 Å². The monoisotopic (exact) mass is 293 g/mol. The molecule has 1 atom stereocenters. The molecule has 0 fully saturated rings. The summed E-state index contributed by atoms with van der Waals surface area (Å²) in [6.45, 7) is 3.88. The predicted octanol–water partition coefficient (Wildman–Crippen LogP) is 0.701. The molecule has 114 valence electrons. The molecule has 0 saturated heterocycles. The number of aliphatic carboxylic acids is 1. The van der Waals surface area contributed by atoms with E-state index in [0.717, 1.165) is 0 Å². The van der Waals surface area contributed by atoms with Crippen molar-refractivity contribution < 1.29 is 24.2 Å². The molecule has 1 aliphatic heterocycles. The van der Waals surface area contributed by atoms with Crippen molar-refractivity contribution in [1.29, 1.82) is 0 Å². The fourth-order valence-corrected chi connectivity index (χ4v) is 1.99. The van der Waals surface area contributed by atoms with Gasteiger partial charge in [-0.3, -0.25) is 0 Å². The van der Waals surface area contributed by atoms with Gasteiger partial charge in [-0.25, -0.2) is 4.79 Å². The van der Waals surface area contributed by atoms with E-state index in [1.54, 1.807) is 18.2 Å². The fraction of sp³-hybridized carbons (Fsp3) is 0.429. The summed E-state index contributed by atoms with van der Waals surface area (Å²) < 4.78 is 10.4. The number of rotatable bonds is 5. The first-order valence-corrected chi connectivity index (χ1v) is 6.63. The minimum atomic E-state index is -1.30. The molecule has 0 aliphatic carbocycles. The molecule has 0 saturated carbocycles. The van der Waals surface area contributed by atoms with E-state index < -0.39 is 18.0 Å². The number of benzene rings is 1. The Morgan fingerprint density at radius 2 is 2.00 bits per heavy atom. The number of nitrogens with one attached hydrogen (secondary N) is 2. The van der Waals surface area contributed by atoms with Crippen LogP contribution in [0.3, 0.4) is 0 Å². The highest BCUT2D eigenvalue weighted by Gasteiger charge is 2.17. The molecule has 1 heterocycles. The summed E-state index contributed by atoms with van der Waals surface area (Å²) >= 11 is 0. The molecule has 7 heteroatoms. The SMILES string of the molecule is CC(C)C[C@H](NC(=O)Nc1ccc2c(c1)OCO2)C(=O)[O-]. The predicted molar refractivity (Wildman–Crippen MR) is 73.0 cm³/mol. The summed E-state index contributed by atoms with van der Waals surface area (Å²) in [6.07, 6.45) is 0.302. The van der Waals surface area contributed by atoms with Crippen LogP contribution in [0.1, 0.15) is 20.3 Å². The van der Waals surface area contributed by atoms with E-state index in [2.05, 4.69) is 10.6 Å². The highest BCUT2D eigenvalue weighted by atomic mass is 16.7. The first-order valence-electron chi connectivity index (χ1n) is 6.63. The van der Waals surface area contributed by atoms with Crippen LogP contribution in [0.5, 0.6) is 11.5 Å². The zero-order valence-corrected chi connectivity index (χ0v) is 11.8. The van der Waals surface area contributed by atoms with Gasteiger partial charge in [-0.2, -0.15) is 0 Å². The maximum atomic E-state index is 11.8. The zero-order chi connectivity index (χ0) is 15.4. The number of carboxylic acids is 1. The Labute approximate surface area is 122 Å². The number of hydrogen-bond donors (Lipinski definition) is 2. The zero-order valence-electron chi connectivity index (χ0n) is 11.8. The second-order valence-electron chi connectivity index (χ2n) is 5.17. The molecule has 1 aromatic carbocycles. The van der Waals surface area contributed by atoms with Crippen LogP contribution < -0.4 is 25.2 Å². The van der Waals surface area contributed by atoms with Gasteiger partial charge in [0.15, 0.2) is 11.5 Å². The molecular weight excluding hydrogens is 276 g/mol. The van der Waals surface area contributed by atoms with Crippen molar-refractivity contribution >= 4 is 17.7 Å². The van der Waals surface area contributed by atoms with E-state index >= 15 is 0 Å². The first kappa shape index (κ1) is 15.0. The molecule has 0 bridgehead atoms. The van der Waals surface area contributed by atoms with Gasteiger partial charge in [0.1, 0.15) is 0 Å². The van der Waals surface area contributed by atoms with Gasteiger partial charge in [0.2, 0.25) is 6.79 Å². The second-order valence-corrected chi connectivity index (χ2v) is 5.17. The summed E-state index contributed by atoms with van der Waals surface area (Å²) in [5.41, 5.74) is 0.485. The van der Waals surface area contributed by atoms with E-state index in [4.69, 9.17) is 9.47 Å². The molecule has 2 N–H and O–H groups in total. The second kappa shape index (κ2) is 6.34. The van der Waals surface area contributed by atoms with Gasteiger partial charge in [-0.1, -0.05) is 13.8 Å².